The van der Waals surface area contributed by atoms with Gasteiger partial charge in [0.15, 0.2) is 9.84 Å². The Hall–Kier alpha value is -2.32. The zero-order chi connectivity index (χ0) is 15.5. The molecule has 2 aromatic rings. The number of H-pyrrole nitrogens is 1. The van der Waals surface area contributed by atoms with Gasteiger partial charge in [0.25, 0.3) is 0 Å². The molecule has 1 aromatic carbocycles. The minimum atomic E-state index is -3.05. The van der Waals surface area contributed by atoms with Gasteiger partial charge in [0, 0.05) is 11.8 Å². The summed E-state index contributed by atoms with van der Waals surface area (Å²) in [5.74, 6) is -0.0591. The molecule has 1 atom stereocenters. The number of aliphatic imine (C=N–C) groups is 1. The van der Waals surface area contributed by atoms with E-state index in [2.05, 4.69) is 15.3 Å². The summed E-state index contributed by atoms with van der Waals surface area (Å²) in [5, 5.41) is 3.12. The number of nitrogens with two attached hydrogens (primary N) is 2. The Bertz CT molecular complexity index is 915. The molecule has 8 heteroatoms. The molecule has 1 unspecified atom stereocenters. The van der Waals surface area contributed by atoms with E-state index in [1.807, 2.05) is 6.07 Å². The summed E-state index contributed by atoms with van der Waals surface area (Å²) in [7, 11) is -3.05. The van der Waals surface area contributed by atoms with Crippen molar-refractivity contribution in [2.75, 3.05) is 5.32 Å². The fraction of sp³-hybridized carbons (Fsp3) is 0.214. The van der Waals surface area contributed by atoms with E-state index in [1.165, 1.54) is 0 Å². The molecule has 0 aliphatic carbocycles. The summed E-state index contributed by atoms with van der Waals surface area (Å²) in [6, 6.07) is 7.19. The predicted octanol–water partition coefficient (Wildman–Crippen LogP) is 0.343. The number of aromatic amines is 1. The van der Waals surface area contributed by atoms with Crippen LogP contribution in [0, 0.1) is 0 Å². The fourth-order valence-electron chi connectivity index (χ4n) is 2.95. The van der Waals surface area contributed by atoms with Crippen LogP contribution in [-0.2, 0) is 27.1 Å². The molecule has 0 radical (unpaired) electrons. The molecular weight excluding hydrogens is 302 g/mol. The van der Waals surface area contributed by atoms with Gasteiger partial charge >= 0.3 is 0 Å². The van der Waals surface area contributed by atoms with Crippen molar-refractivity contribution >= 4 is 21.5 Å². The highest BCUT2D eigenvalue weighted by atomic mass is 32.2. The standard InChI is InChI=1S/C14H15N5O2S/c15-12-11-3-4-17-13(11)19-14(16,18-12)10-2-1-8-6-22(20,21)7-9(8)5-10/h1-5,17,19H,6-7,16H2,(H2,15,18). The molecule has 0 saturated carbocycles. The first-order valence-electron chi connectivity index (χ1n) is 6.79. The minimum absolute atomic E-state index is 0.0409. The molecule has 0 fully saturated rings. The first-order valence-corrected chi connectivity index (χ1v) is 8.61. The molecule has 114 valence electrons. The maximum absolute atomic E-state index is 11.7. The lowest BCUT2D eigenvalue weighted by Gasteiger charge is -2.32. The van der Waals surface area contributed by atoms with Gasteiger partial charge in [0.2, 0.25) is 5.79 Å². The Morgan fingerprint density at radius 1 is 1.18 bits per heavy atom. The van der Waals surface area contributed by atoms with Crippen LogP contribution in [0.2, 0.25) is 0 Å². The molecule has 3 heterocycles. The molecule has 7 nitrogen and oxygen atoms in total. The molecule has 0 amide bonds. The highest BCUT2D eigenvalue weighted by molar-refractivity contribution is 7.90. The number of amidine groups is 1. The molecule has 0 bridgehead atoms. The third kappa shape index (κ3) is 1.92. The number of nitrogens with one attached hydrogen (secondary N) is 2. The highest BCUT2D eigenvalue weighted by Gasteiger charge is 2.34. The van der Waals surface area contributed by atoms with E-state index < -0.39 is 15.6 Å². The average molecular weight is 317 g/mol. The van der Waals surface area contributed by atoms with Crippen molar-refractivity contribution in [1.29, 1.82) is 0 Å². The second-order valence-electron chi connectivity index (χ2n) is 5.67. The Balaban J connectivity index is 1.79. The smallest absolute Gasteiger partial charge is 0.212 e. The Kier molecular flexibility index (Phi) is 2.50. The summed E-state index contributed by atoms with van der Waals surface area (Å²) in [5.41, 5.74) is 15.4. The maximum atomic E-state index is 11.7. The van der Waals surface area contributed by atoms with E-state index >= 15 is 0 Å². The van der Waals surface area contributed by atoms with Crippen LogP contribution in [0.15, 0.2) is 35.5 Å². The molecular formula is C14H15N5O2S. The van der Waals surface area contributed by atoms with Gasteiger partial charge < -0.3 is 16.0 Å². The van der Waals surface area contributed by atoms with Crippen LogP contribution >= 0.6 is 0 Å². The van der Waals surface area contributed by atoms with E-state index in [-0.39, 0.29) is 11.5 Å². The third-order valence-electron chi connectivity index (χ3n) is 4.03. The van der Waals surface area contributed by atoms with Crippen molar-refractivity contribution in [3.8, 4) is 0 Å². The zero-order valence-corrected chi connectivity index (χ0v) is 12.4. The van der Waals surface area contributed by atoms with Crippen molar-refractivity contribution in [2.45, 2.75) is 17.3 Å². The van der Waals surface area contributed by atoms with Crippen LogP contribution in [0.4, 0.5) is 5.82 Å². The van der Waals surface area contributed by atoms with Crippen molar-refractivity contribution in [1.82, 2.24) is 4.98 Å². The van der Waals surface area contributed by atoms with Gasteiger partial charge in [-0.15, -0.1) is 0 Å². The van der Waals surface area contributed by atoms with Gasteiger partial charge in [-0.2, -0.15) is 0 Å². The predicted molar refractivity (Wildman–Crippen MR) is 83.8 cm³/mol. The number of fused-ring (bicyclic) bond motifs is 2. The lowest BCUT2D eigenvalue weighted by atomic mass is 10.0. The van der Waals surface area contributed by atoms with E-state index in [0.717, 1.165) is 16.7 Å². The normalized spacial score (nSPS) is 25.0. The van der Waals surface area contributed by atoms with Crippen LogP contribution in [-0.4, -0.2) is 19.2 Å². The molecule has 0 saturated heterocycles. The van der Waals surface area contributed by atoms with E-state index in [4.69, 9.17) is 11.5 Å². The summed E-state index contributed by atoms with van der Waals surface area (Å²) in [4.78, 5) is 7.38. The highest BCUT2D eigenvalue weighted by Crippen LogP contribution is 2.33. The largest absolute Gasteiger partial charge is 0.383 e. The number of hydrogen-bond acceptors (Lipinski definition) is 6. The molecule has 22 heavy (non-hydrogen) atoms. The van der Waals surface area contributed by atoms with Gasteiger partial charge in [-0.25, -0.2) is 13.4 Å². The van der Waals surface area contributed by atoms with E-state index in [1.54, 1.807) is 24.4 Å². The number of hydrogen-bond donors (Lipinski definition) is 4. The fourth-order valence-corrected chi connectivity index (χ4v) is 4.55. The lowest BCUT2D eigenvalue weighted by Crippen LogP contribution is -2.47. The van der Waals surface area contributed by atoms with Gasteiger partial charge in [-0.1, -0.05) is 12.1 Å². The number of nitrogens with zero attached hydrogens (tertiary/aromatic N) is 1. The van der Waals surface area contributed by atoms with Crippen LogP contribution in [0.3, 0.4) is 0 Å². The summed E-state index contributed by atoms with van der Waals surface area (Å²) >= 11 is 0. The quantitative estimate of drug-likeness (QED) is 0.603. The Labute approximate surface area is 127 Å². The number of aromatic nitrogens is 1. The van der Waals surface area contributed by atoms with E-state index in [9.17, 15) is 8.42 Å². The Morgan fingerprint density at radius 2 is 1.95 bits per heavy atom. The van der Waals surface area contributed by atoms with Crippen molar-refractivity contribution in [3.05, 3.63) is 52.7 Å². The topological polar surface area (TPSA) is 126 Å². The first-order chi connectivity index (χ1) is 10.4. The van der Waals surface area contributed by atoms with Crippen molar-refractivity contribution < 1.29 is 8.42 Å². The van der Waals surface area contributed by atoms with Crippen LogP contribution in [0.5, 0.6) is 0 Å². The summed E-state index contributed by atoms with van der Waals surface area (Å²) in [6.07, 6.45) is 1.75. The monoisotopic (exact) mass is 317 g/mol. The second-order valence-corrected chi connectivity index (χ2v) is 7.73. The second kappa shape index (κ2) is 4.11. The molecule has 1 aromatic heterocycles. The number of anilines is 1. The van der Waals surface area contributed by atoms with Gasteiger partial charge in [-0.3, -0.25) is 5.73 Å². The van der Waals surface area contributed by atoms with E-state index in [0.29, 0.717) is 17.2 Å². The number of rotatable bonds is 1. The average Bonchev–Trinajstić information content (AvgIpc) is 2.99. The lowest BCUT2D eigenvalue weighted by molar-refractivity contribution is 0.534. The molecule has 2 aliphatic rings. The summed E-state index contributed by atoms with van der Waals surface area (Å²) in [6.45, 7) is 0. The molecule has 6 N–H and O–H groups in total. The Morgan fingerprint density at radius 3 is 2.77 bits per heavy atom. The van der Waals surface area contributed by atoms with Gasteiger partial charge in [0.1, 0.15) is 11.7 Å². The van der Waals surface area contributed by atoms with Gasteiger partial charge in [-0.05, 0) is 23.3 Å². The SMILES string of the molecule is NC1=NC(N)(c2ccc3c(c2)CS(=O)(=O)C3)Nc2[nH]ccc21. The summed E-state index contributed by atoms with van der Waals surface area (Å²) < 4.78 is 23.5. The maximum Gasteiger partial charge on any atom is 0.212 e. The van der Waals surface area contributed by atoms with Crippen LogP contribution in [0.1, 0.15) is 22.3 Å². The number of sulfone groups is 1. The minimum Gasteiger partial charge on any atom is -0.383 e. The van der Waals surface area contributed by atoms with Crippen molar-refractivity contribution in [3.63, 3.8) is 0 Å². The van der Waals surface area contributed by atoms with Crippen molar-refractivity contribution in [2.24, 2.45) is 16.5 Å². The van der Waals surface area contributed by atoms with Gasteiger partial charge in [0.05, 0.1) is 17.1 Å². The zero-order valence-electron chi connectivity index (χ0n) is 11.6. The van der Waals surface area contributed by atoms with Crippen LogP contribution < -0.4 is 16.8 Å². The first kappa shape index (κ1) is 13.4. The number of benzene rings is 1. The molecule has 2 aliphatic heterocycles. The van der Waals surface area contributed by atoms with Crippen LogP contribution in [0.25, 0.3) is 0 Å². The molecule has 0 spiro atoms. The molecule has 4 rings (SSSR count). The third-order valence-corrected chi connectivity index (χ3v) is 5.53.